The van der Waals surface area contributed by atoms with Crippen molar-refractivity contribution in [3.63, 3.8) is 0 Å². The Morgan fingerprint density at radius 1 is 1.44 bits per heavy atom. The van der Waals surface area contributed by atoms with Crippen molar-refractivity contribution in [3.05, 3.63) is 29.8 Å². The number of rotatable bonds is 6. The summed E-state index contributed by atoms with van der Waals surface area (Å²) in [5, 5.41) is 0. The van der Waals surface area contributed by atoms with Crippen LogP contribution in [-0.4, -0.2) is 38.1 Å². The minimum absolute atomic E-state index is 0.0831. The summed E-state index contributed by atoms with van der Waals surface area (Å²) in [6, 6.07) is 7.59. The van der Waals surface area contributed by atoms with E-state index in [0.717, 1.165) is 11.3 Å². The van der Waals surface area contributed by atoms with Crippen LogP contribution in [0.4, 0.5) is 0 Å². The third-order valence-electron chi connectivity index (χ3n) is 2.95. The first-order valence-corrected chi connectivity index (χ1v) is 6.14. The van der Waals surface area contributed by atoms with E-state index in [2.05, 4.69) is 0 Å². The van der Waals surface area contributed by atoms with Crippen LogP contribution in [-0.2, 0) is 11.2 Å². The first kappa shape index (κ1) is 14.5. The third-order valence-corrected chi connectivity index (χ3v) is 2.95. The maximum absolute atomic E-state index is 12.1. The largest absolute Gasteiger partial charge is 0.496 e. The molecule has 4 heteroatoms. The third kappa shape index (κ3) is 4.04. The van der Waals surface area contributed by atoms with E-state index in [4.69, 9.17) is 10.5 Å². The second-order valence-electron chi connectivity index (χ2n) is 4.60. The first-order valence-electron chi connectivity index (χ1n) is 6.14. The summed E-state index contributed by atoms with van der Waals surface area (Å²) in [7, 11) is 3.42. The van der Waals surface area contributed by atoms with Gasteiger partial charge in [0.1, 0.15) is 5.75 Å². The number of nitrogens with two attached hydrogens (primary N) is 1. The Labute approximate surface area is 109 Å². The Kier molecular flexibility index (Phi) is 5.65. The number of benzene rings is 1. The molecule has 0 fully saturated rings. The molecule has 1 amide bonds. The highest BCUT2D eigenvalue weighted by Crippen LogP contribution is 2.18. The van der Waals surface area contributed by atoms with E-state index in [0.29, 0.717) is 25.4 Å². The number of hydrogen-bond donors (Lipinski definition) is 1. The van der Waals surface area contributed by atoms with Crippen LogP contribution >= 0.6 is 0 Å². The lowest BCUT2D eigenvalue weighted by Crippen LogP contribution is -2.34. The van der Waals surface area contributed by atoms with Crippen molar-refractivity contribution in [2.45, 2.75) is 13.3 Å². The maximum atomic E-state index is 12.1. The second-order valence-corrected chi connectivity index (χ2v) is 4.60. The molecule has 4 nitrogen and oxygen atoms in total. The molecule has 0 aromatic heterocycles. The molecule has 0 heterocycles. The van der Waals surface area contributed by atoms with Gasteiger partial charge in [0, 0.05) is 19.2 Å². The molecule has 0 aliphatic rings. The van der Waals surface area contributed by atoms with Crippen LogP contribution in [0.3, 0.4) is 0 Å². The van der Waals surface area contributed by atoms with E-state index in [1.165, 1.54) is 0 Å². The lowest BCUT2D eigenvalue weighted by molar-refractivity contribution is -0.129. The van der Waals surface area contributed by atoms with Gasteiger partial charge in [-0.15, -0.1) is 0 Å². The maximum Gasteiger partial charge on any atom is 0.226 e. The summed E-state index contributed by atoms with van der Waals surface area (Å²) in [4.78, 5) is 13.8. The van der Waals surface area contributed by atoms with Crippen molar-refractivity contribution < 1.29 is 9.53 Å². The number of methoxy groups -OCH3 is 1. The van der Waals surface area contributed by atoms with E-state index in [1.807, 2.05) is 38.2 Å². The Bertz CT molecular complexity index is 393. The number of carbonyl (C=O) groups excluding carboxylic acids is 1. The molecule has 0 spiro atoms. The monoisotopic (exact) mass is 250 g/mol. The highest BCUT2D eigenvalue weighted by atomic mass is 16.5. The number of carbonyl (C=O) groups is 1. The average Bonchev–Trinajstić information content (AvgIpc) is 2.39. The van der Waals surface area contributed by atoms with E-state index < -0.39 is 0 Å². The molecule has 2 N–H and O–H groups in total. The minimum atomic E-state index is 0.0831. The van der Waals surface area contributed by atoms with Crippen LogP contribution in [0.1, 0.15) is 12.5 Å². The minimum Gasteiger partial charge on any atom is -0.496 e. The lowest BCUT2D eigenvalue weighted by atomic mass is 10.1. The predicted octanol–water partition coefficient (Wildman–Crippen LogP) is 1.29. The molecule has 0 saturated heterocycles. The van der Waals surface area contributed by atoms with E-state index in [9.17, 15) is 4.79 Å². The van der Waals surface area contributed by atoms with Crippen molar-refractivity contribution in [1.82, 2.24) is 4.90 Å². The molecule has 0 aliphatic carbocycles. The van der Waals surface area contributed by atoms with Crippen LogP contribution in [0.15, 0.2) is 24.3 Å². The molecule has 0 bridgehead atoms. The second kappa shape index (κ2) is 7.01. The Hall–Kier alpha value is -1.55. The quantitative estimate of drug-likeness (QED) is 0.827. The molecule has 0 radical (unpaired) electrons. The van der Waals surface area contributed by atoms with Crippen LogP contribution in [0.5, 0.6) is 5.75 Å². The van der Waals surface area contributed by atoms with Crippen molar-refractivity contribution in [2.24, 2.45) is 11.7 Å². The summed E-state index contributed by atoms with van der Waals surface area (Å²) >= 11 is 0. The van der Waals surface area contributed by atoms with Gasteiger partial charge in [0.05, 0.1) is 13.5 Å². The molecule has 100 valence electrons. The summed E-state index contributed by atoms with van der Waals surface area (Å²) < 4.78 is 5.24. The van der Waals surface area contributed by atoms with Gasteiger partial charge in [0.25, 0.3) is 0 Å². The molecule has 1 rings (SSSR count). The zero-order chi connectivity index (χ0) is 13.5. The number of para-hydroxylation sites is 1. The van der Waals surface area contributed by atoms with E-state index in [1.54, 1.807) is 12.0 Å². The highest BCUT2D eigenvalue weighted by molar-refractivity contribution is 5.79. The van der Waals surface area contributed by atoms with Gasteiger partial charge in [-0.05, 0) is 18.5 Å². The lowest BCUT2D eigenvalue weighted by Gasteiger charge is -2.21. The molecule has 18 heavy (non-hydrogen) atoms. The van der Waals surface area contributed by atoms with Crippen molar-refractivity contribution >= 4 is 5.91 Å². The highest BCUT2D eigenvalue weighted by Gasteiger charge is 2.14. The number of likely N-dealkylation sites (N-methyl/N-ethyl adjacent to an activating group) is 1. The van der Waals surface area contributed by atoms with Gasteiger partial charge in [-0.3, -0.25) is 4.79 Å². The molecule has 1 aromatic rings. The fourth-order valence-corrected chi connectivity index (χ4v) is 1.79. The fourth-order valence-electron chi connectivity index (χ4n) is 1.79. The predicted molar refractivity (Wildman–Crippen MR) is 72.6 cm³/mol. The van der Waals surface area contributed by atoms with Crippen LogP contribution < -0.4 is 10.5 Å². The summed E-state index contributed by atoms with van der Waals surface area (Å²) in [6.45, 7) is 3.31. The Morgan fingerprint density at radius 3 is 2.72 bits per heavy atom. The molecule has 1 atom stereocenters. The smallest absolute Gasteiger partial charge is 0.226 e. The molecular formula is C14H22N2O2. The number of nitrogens with zero attached hydrogens (tertiary/aromatic N) is 1. The van der Waals surface area contributed by atoms with E-state index in [-0.39, 0.29) is 5.91 Å². The standard InChI is InChI=1S/C14H22N2O2/c1-11(9-15)10-16(2)14(17)8-12-6-4-5-7-13(12)18-3/h4-7,11H,8-10,15H2,1-3H3. The number of ether oxygens (including phenoxy) is 1. The summed E-state index contributed by atoms with van der Waals surface area (Å²) in [5.41, 5.74) is 6.47. The molecule has 1 unspecified atom stereocenters. The molecule has 0 saturated carbocycles. The zero-order valence-electron chi connectivity index (χ0n) is 11.3. The summed E-state index contributed by atoms with van der Waals surface area (Å²) in [6.07, 6.45) is 0.359. The van der Waals surface area contributed by atoms with Crippen molar-refractivity contribution in [3.8, 4) is 5.75 Å². The van der Waals surface area contributed by atoms with Gasteiger partial charge < -0.3 is 15.4 Å². The molecular weight excluding hydrogens is 228 g/mol. The number of hydrogen-bond acceptors (Lipinski definition) is 3. The van der Waals surface area contributed by atoms with Gasteiger partial charge in [-0.25, -0.2) is 0 Å². The van der Waals surface area contributed by atoms with Crippen LogP contribution in [0.2, 0.25) is 0 Å². The summed E-state index contributed by atoms with van der Waals surface area (Å²) in [5.74, 6) is 1.16. The van der Waals surface area contributed by atoms with E-state index >= 15 is 0 Å². The van der Waals surface area contributed by atoms with Gasteiger partial charge in [0.2, 0.25) is 5.91 Å². The molecule has 0 aliphatic heterocycles. The van der Waals surface area contributed by atoms with Gasteiger partial charge >= 0.3 is 0 Å². The fraction of sp³-hybridized carbons (Fsp3) is 0.500. The van der Waals surface area contributed by atoms with Crippen molar-refractivity contribution in [1.29, 1.82) is 0 Å². The van der Waals surface area contributed by atoms with Crippen molar-refractivity contribution in [2.75, 3.05) is 27.2 Å². The Balaban J connectivity index is 2.63. The average molecular weight is 250 g/mol. The Morgan fingerprint density at radius 2 is 2.11 bits per heavy atom. The van der Waals surface area contributed by atoms with Gasteiger partial charge in [-0.2, -0.15) is 0 Å². The SMILES string of the molecule is COc1ccccc1CC(=O)N(C)CC(C)CN. The van der Waals surface area contributed by atoms with Gasteiger partial charge in [-0.1, -0.05) is 25.1 Å². The zero-order valence-corrected chi connectivity index (χ0v) is 11.3. The molecule has 1 aromatic carbocycles. The topological polar surface area (TPSA) is 55.6 Å². The normalized spacial score (nSPS) is 12.0. The van der Waals surface area contributed by atoms with Crippen LogP contribution in [0.25, 0.3) is 0 Å². The number of amides is 1. The van der Waals surface area contributed by atoms with Crippen LogP contribution in [0, 0.1) is 5.92 Å². The van der Waals surface area contributed by atoms with Gasteiger partial charge in [0.15, 0.2) is 0 Å². The first-order chi connectivity index (χ1) is 8.58.